The second-order valence-corrected chi connectivity index (χ2v) is 7.86. The van der Waals surface area contributed by atoms with Gasteiger partial charge in [0.1, 0.15) is 5.36 Å². The van der Waals surface area contributed by atoms with Crippen LogP contribution in [0.2, 0.25) is 0 Å². The zero-order valence-electron chi connectivity index (χ0n) is 15.5. The van der Waals surface area contributed by atoms with E-state index in [9.17, 15) is 0 Å². The average Bonchev–Trinajstić information content (AvgIpc) is 3.39. The molecule has 1 aliphatic rings. The molecule has 1 fully saturated rings. The van der Waals surface area contributed by atoms with Gasteiger partial charge in [0.15, 0.2) is 5.17 Å². The summed E-state index contributed by atoms with van der Waals surface area (Å²) in [6, 6.07) is 16.7. The van der Waals surface area contributed by atoms with Crippen molar-refractivity contribution >= 4 is 38.7 Å². The summed E-state index contributed by atoms with van der Waals surface area (Å²) in [6.45, 7) is 1.65. The van der Waals surface area contributed by atoms with Crippen molar-refractivity contribution in [2.24, 2.45) is 17.3 Å². The zero-order valence-corrected chi connectivity index (χ0v) is 16.4. The van der Waals surface area contributed by atoms with Crippen LogP contribution in [0.5, 0.6) is 0 Å². The highest BCUT2D eigenvalue weighted by Gasteiger charge is 2.11. The number of hydrogen-bond acceptors (Lipinski definition) is 4. The number of para-hydroxylation sites is 2. The standard InChI is InChI=1S/C21H20N6S/c1-26-12-15(23-14-26)13-27-18-8-4-2-6-16(18)20(17-7-3-5-9-19(17)27)24-25-21-22-10-11-28-21/h2-9,12,14H,10-11,13H2,1H3,(H,22,25). The van der Waals surface area contributed by atoms with Crippen molar-refractivity contribution in [3.8, 4) is 0 Å². The predicted molar refractivity (Wildman–Crippen MR) is 115 cm³/mol. The van der Waals surface area contributed by atoms with E-state index < -0.39 is 0 Å². The first-order valence-electron chi connectivity index (χ1n) is 9.25. The smallest absolute Gasteiger partial charge is 0.183 e. The van der Waals surface area contributed by atoms with E-state index in [1.165, 1.54) is 0 Å². The van der Waals surface area contributed by atoms with Crippen LogP contribution < -0.4 is 10.7 Å². The number of nitrogens with zero attached hydrogens (tertiary/aromatic N) is 5. The zero-order chi connectivity index (χ0) is 18.9. The van der Waals surface area contributed by atoms with Crippen molar-refractivity contribution in [3.05, 3.63) is 72.1 Å². The average molecular weight is 389 g/mol. The van der Waals surface area contributed by atoms with Crippen molar-refractivity contribution in [1.29, 1.82) is 0 Å². The molecule has 2 aromatic heterocycles. The Labute approximate surface area is 166 Å². The summed E-state index contributed by atoms with van der Waals surface area (Å²) in [7, 11) is 1.99. The van der Waals surface area contributed by atoms with Gasteiger partial charge in [-0.3, -0.25) is 0 Å². The number of thioether (sulfide) groups is 1. The Kier molecular flexibility index (Phi) is 4.37. The van der Waals surface area contributed by atoms with Gasteiger partial charge in [-0.2, -0.15) is 0 Å². The highest BCUT2D eigenvalue weighted by molar-refractivity contribution is 8.14. The van der Waals surface area contributed by atoms with Gasteiger partial charge in [-0.15, -0.1) is 10.2 Å². The van der Waals surface area contributed by atoms with E-state index in [2.05, 4.69) is 79.8 Å². The van der Waals surface area contributed by atoms with Crippen LogP contribution in [0.1, 0.15) is 5.69 Å². The molecule has 0 amide bonds. The molecular weight excluding hydrogens is 368 g/mol. The maximum atomic E-state index is 4.67. The van der Waals surface area contributed by atoms with Crippen LogP contribution in [-0.2, 0) is 13.6 Å². The third kappa shape index (κ3) is 3.07. The third-order valence-electron chi connectivity index (χ3n) is 4.84. The fraction of sp³-hybridized carbons (Fsp3) is 0.190. The number of pyridine rings is 1. The van der Waals surface area contributed by atoms with Crippen molar-refractivity contribution in [2.75, 3.05) is 12.3 Å². The molecule has 6 nitrogen and oxygen atoms in total. The van der Waals surface area contributed by atoms with Crippen molar-refractivity contribution < 1.29 is 0 Å². The van der Waals surface area contributed by atoms with Crippen LogP contribution in [0.25, 0.3) is 21.8 Å². The van der Waals surface area contributed by atoms with Crippen molar-refractivity contribution in [1.82, 2.24) is 19.4 Å². The Bertz CT molecular complexity index is 1200. The largest absolute Gasteiger partial charge is 0.362 e. The van der Waals surface area contributed by atoms with Gasteiger partial charge in [-0.1, -0.05) is 48.2 Å². The fourth-order valence-electron chi connectivity index (χ4n) is 3.60. The van der Waals surface area contributed by atoms with E-state index in [4.69, 9.17) is 0 Å². The fourth-order valence-corrected chi connectivity index (χ4v) is 4.30. The van der Waals surface area contributed by atoms with E-state index >= 15 is 0 Å². The summed E-state index contributed by atoms with van der Waals surface area (Å²) in [5.41, 5.74) is 3.27. The first-order valence-corrected chi connectivity index (χ1v) is 10.2. The van der Waals surface area contributed by atoms with Gasteiger partial charge in [-0.25, -0.2) is 4.98 Å². The van der Waals surface area contributed by atoms with E-state index in [1.807, 2.05) is 17.9 Å². The van der Waals surface area contributed by atoms with Gasteiger partial charge in [0, 0.05) is 36.3 Å². The number of aromatic nitrogens is 3. The van der Waals surface area contributed by atoms with Crippen molar-refractivity contribution in [2.45, 2.75) is 6.54 Å². The second-order valence-electron chi connectivity index (χ2n) is 6.78. The Balaban J connectivity index is 1.80. The molecule has 0 spiro atoms. The molecule has 1 N–H and O–H groups in total. The Morgan fingerprint density at radius 2 is 1.75 bits per heavy atom. The van der Waals surface area contributed by atoms with Gasteiger partial charge >= 0.3 is 0 Å². The van der Waals surface area contributed by atoms with Gasteiger partial charge in [0.2, 0.25) is 0 Å². The minimum atomic E-state index is 0.702. The van der Waals surface area contributed by atoms with Crippen LogP contribution in [0.4, 0.5) is 0 Å². The van der Waals surface area contributed by atoms with Gasteiger partial charge < -0.3 is 14.5 Å². The molecule has 0 unspecified atom stereocenters. The number of benzene rings is 2. The quantitative estimate of drug-likeness (QED) is 0.433. The number of aryl methyl sites for hydroxylation is 1. The minimum absolute atomic E-state index is 0.702. The molecule has 3 heterocycles. The van der Waals surface area contributed by atoms with E-state index in [-0.39, 0.29) is 0 Å². The van der Waals surface area contributed by atoms with E-state index in [0.29, 0.717) is 6.54 Å². The molecular formula is C21H20N6S. The topological polar surface area (TPSA) is 59.5 Å². The summed E-state index contributed by atoms with van der Waals surface area (Å²) in [5.74, 6) is 1.04. The molecule has 0 bridgehead atoms. The highest BCUT2D eigenvalue weighted by Crippen LogP contribution is 2.20. The number of imidazole rings is 1. The summed E-state index contributed by atoms with van der Waals surface area (Å²) in [5, 5.41) is 16.4. The first kappa shape index (κ1) is 17.1. The number of fused-ring (bicyclic) bond motifs is 2. The van der Waals surface area contributed by atoms with Crippen LogP contribution >= 0.6 is 11.8 Å². The third-order valence-corrected chi connectivity index (χ3v) is 5.74. The van der Waals surface area contributed by atoms with Gasteiger partial charge in [-0.05, 0) is 12.1 Å². The molecule has 1 saturated heterocycles. The molecule has 28 heavy (non-hydrogen) atoms. The Morgan fingerprint density at radius 1 is 1.04 bits per heavy atom. The molecule has 0 saturated carbocycles. The predicted octanol–water partition coefficient (Wildman–Crippen LogP) is 3.08. The normalized spacial score (nSPS) is 15.4. The number of hydrogen-bond donors (Lipinski definition) is 1. The summed E-state index contributed by atoms with van der Waals surface area (Å²) >= 11 is 1.71. The van der Waals surface area contributed by atoms with Crippen LogP contribution in [0, 0.1) is 0 Å². The molecule has 5 rings (SSSR count). The number of rotatable bonds is 3. The van der Waals surface area contributed by atoms with Crippen LogP contribution in [-0.4, -0.2) is 31.6 Å². The Hall–Kier alpha value is -3.06. The van der Waals surface area contributed by atoms with Crippen molar-refractivity contribution in [3.63, 3.8) is 0 Å². The number of nitrogens with one attached hydrogen (secondary N) is 1. The lowest BCUT2D eigenvalue weighted by molar-refractivity contribution is 0.833. The maximum Gasteiger partial charge on any atom is 0.183 e. The summed E-state index contributed by atoms with van der Waals surface area (Å²) < 4.78 is 4.29. The number of amidine groups is 1. The molecule has 1 aliphatic heterocycles. The molecule has 140 valence electrons. The molecule has 0 radical (unpaired) electrons. The van der Waals surface area contributed by atoms with Crippen LogP contribution in [0.15, 0.2) is 71.3 Å². The lowest BCUT2D eigenvalue weighted by Crippen LogP contribution is -2.15. The highest BCUT2D eigenvalue weighted by atomic mass is 32.2. The maximum absolute atomic E-state index is 4.67. The Morgan fingerprint density at radius 3 is 2.36 bits per heavy atom. The molecule has 7 heteroatoms. The molecule has 4 aromatic rings. The first-order chi connectivity index (χ1) is 13.8. The van der Waals surface area contributed by atoms with Gasteiger partial charge in [0.25, 0.3) is 0 Å². The summed E-state index contributed by atoms with van der Waals surface area (Å²) in [6.07, 6.45) is 3.90. The van der Waals surface area contributed by atoms with E-state index in [0.717, 1.165) is 50.3 Å². The SMILES string of the molecule is Cn1cnc(Cn2c3ccccc3c(=NN=C3NCCS3)c3ccccc32)c1. The minimum Gasteiger partial charge on any atom is -0.362 e. The molecule has 2 aromatic carbocycles. The van der Waals surface area contributed by atoms with Gasteiger partial charge in [0.05, 0.1) is 29.6 Å². The second kappa shape index (κ2) is 7.16. The molecule has 0 aliphatic carbocycles. The van der Waals surface area contributed by atoms with E-state index in [1.54, 1.807) is 11.8 Å². The molecule has 0 atom stereocenters. The monoisotopic (exact) mass is 388 g/mol. The lowest BCUT2D eigenvalue weighted by atomic mass is 10.1. The summed E-state index contributed by atoms with van der Waals surface area (Å²) in [4.78, 5) is 4.52. The van der Waals surface area contributed by atoms with Crippen LogP contribution in [0.3, 0.4) is 0 Å². The lowest BCUT2D eigenvalue weighted by Gasteiger charge is -2.15.